The summed E-state index contributed by atoms with van der Waals surface area (Å²) in [6, 6.07) is 121. The molecule has 0 N–H and O–H groups in total. The normalized spacial score (nSPS) is 14.8. The number of rotatable bonds is 9. The molecule has 10 heteroatoms. The maximum absolute atomic E-state index is 4.09. The van der Waals surface area contributed by atoms with Crippen molar-refractivity contribution in [3.8, 4) is 0 Å². The van der Waals surface area contributed by atoms with Crippen LogP contribution in [-0.2, 0) is 65.0 Å². The largest absolute Gasteiger partial charge is 0.311 e. The van der Waals surface area contributed by atoms with Crippen LogP contribution in [0, 0.1) is 0 Å². The monoisotopic (exact) mass is 1970 g/mol. The lowest BCUT2D eigenvalue weighted by atomic mass is 9.33. The Morgan fingerprint density at radius 3 is 0.369 bits per heavy atom. The Labute approximate surface area is 896 Å². The fourth-order valence-corrected chi connectivity index (χ4v) is 28.1. The second-order valence-corrected chi connectivity index (χ2v) is 61.1. The molecule has 0 bridgehead atoms. The van der Waals surface area contributed by atoms with Gasteiger partial charge in [0.2, 0.25) is 0 Å². The SMILES string of the molecule is CC(C)(C)c1ccc(N2c3ccc(C(C)(C)C)cc3B3c4cc(C(C)(C)C)ccc4N(c4ccc(C(C)(C)C)cc4)c4cc([Si](C)(c5cc6c7c(c5)N(c5ccc(C(C)(C)C)cc5)c5ccc(C(C)(C)C)cc5B7c5cc(C(C)(C)C)ccc5N6c5ccc(C(C)(C)C)cc5)c5cc6c7c(c5)N(c5ccc(C(C)(C)C)cc5)c5ccc(C(C)(C)C)cc5B7c5cc(C(C)(C)C)ccc5N6c5ccc(C(C)(C)C)cc5)cc2c43)cc1. The molecule has 0 saturated heterocycles. The number of hydrogen-bond donors (Lipinski definition) is 0. The lowest BCUT2D eigenvalue weighted by molar-refractivity contribution is 0.590. The third-order valence-corrected chi connectivity index (χ3v) is 38.4. The van der Waals surface area contributed by atoms with Gasteiger partial charge in [0.25, 0.3) is 20.1 Å². The van der Waals surface area contributed by atoms with Crippen LogP contribution in [0.3, 0.4) is 0 Å². The second kappa shape index (κ2) is 34.5. The summed E-state index contributed by atoms with van der Waals surface area (Å²) in [5.74, 6) is 0. The zero-order valence-electron chi connectivity index (χ0n) is 96.6. The Hall–Kier alpha value is -12.5. The van der Waals surface area contributed by atoms with Gasteiger partial charge in [0.15, 0.2) is 0 Å². The van der Waals surface area contributed by atoms with Gasteiger partial charge < -0.3 is 29.4 Å². The maximum Gasteiger partial charge on any atom is 0.252 e. The van der Waals surface area contributed by atoms with Gasteiger partial charge in [0.05, 0.1) is 0 Å². The van der Waals surface area contributed by atoms with Crippen molar-refractivity contribution in [1.82, 2.24) is 0 Å². The molecular formula is C139H159B3N6Si. The Kier molecular flexibility index (Phi) is 23.7. The van der Waals surface area contributed by atoms with Crippen LogP contribution >= 0.6 is 0 Å². The molecule has 0 amide bonds. The van der Waals surface area contributed by atoms with E-state index in [4.69, 9.17) is 0 Å². The molecule has 0 saturated carbocycles. The van der Waals surface area contributed by atoms with Crippen LogP contribution in [0.25, 0.3) is 0 Å². The Morgan fingerprint density at radius 1 is 0.141 bits per heavy atom. The molecule has 0 spiro atoms. The van der Waals surface area contributed by atoms with Gasteiger partial charge in [-0.15, -0.1) is 0 Å². The summed E-state index contributed by atoms with van der Waals surface area (Å²) in [6.07, 6.45) is 0. The zero-order valence-corrected chi connectivity index (χ0v) is 97.6. The van der Waals surface area contributed by atoms with E-state index in [0.717, 1.165) is 34.1 Å². The summed E-state index contributed by atoms with van der Waals surface area (Å²) in [4.78, 5) is 16.4. The van der Waals surface area contributed by atoms with E-state index in [1.807, 2.05) is 0 Å². The zero-order chi connectivity index (χ0) is 107. The quantitative estimate of drug-likeness (QED) is 0.105. The summed E-state index contributed by atoms with van der Waals surface area (Å²) in [7, 11) is -4.09. The smallest absolute Gasteiger partial charge is 0.252 e. The van der Waals surface area contributed by atoms with E-state index in [1.165, 1.54) is 200 Å². The van der Waals surface area contributed by atoms with Crippen molar-refractivity contribution in [1.29, 1.82) is 0 Å². The van der Waals surface area contributed by atoms with Gasteiger partial charge >= 0.3 is 0 Å². The molecular weight excluding hydrogens is 1810 g/mol. The van der Waals surface area contributed by atoms with Crippen molar-refractivity contribution in [2.75, 3.05) is 29.4 Å². The molecule has 6 heterocycles. The highest BCUT2D eigenvalue weighted by Gasteiger charge is 2.54. The van der Waals surface area contributed by atoms with Gasteiger partial charge in [-0.3, -0.25) is 0 Å². The summed E-state index contributed by atoms with van der Waals surface area (Å²) in [6.45, 7) is 87.9. The average Bonchev–Trinajstić information content (AvgIpc) is 0.668. The number of nitrogens with zero attached hydrogens (tertiary/aromatic N) is 6. The molecule has 0 unspecified atom stereocenters. The minimum absolute atomic E-state index is 0.116. The minimum atomic E-state index is -4.09. The summed E-state index contributed by atoms with van der Waals surface area (Å²) < 4.78 is 0. The van der Waals surface area contributed by atoms with E-state index in [-0.39, 0.29) is 85.1 Å². The highest BCUT2D eigenvalue weighted by atomic mass is 28.3. The molecule has 758 valence electrons. The molecule has 0 aromatic heterocycles. The van der Waals surface area contributed by atoms with Crippen LogP contribution in [0.15, 0.2) is 291 Å². The van der Waals surface area contributed by atoms with Crippen molar-refractivity contribution in [2.45, 2.75) is 321 Å². The molecule has 0 fully saturated rings. The molecule has 0 radical (unpaired) electrons. The minimum Gasteiger partial charge on any atom is -0.311 e. The highest BCUT2D eigenvalue weighted by molar-refractivity contribution is 7.12. The first-order chi connectivity index (χ1) is 69.3. The van der Waals surface area contributed by atoms with E-state index >= 15 is 0 Å². The predicted octanol–water partition coefficient (Wildman–Crippen LogP) is 30.6. The Bertz CT molecular complexity index is 6690. The van der Waals surface area contributed by atoms with Crippen molar-refractivity contribution in [3.63, 3.8) is 0 Å². The summed E-state index contributed by atoms with van der Waals surface area (Å²) in [5, 5.41) is 3.86. The van der Waals surface area contributed by atoms with Gasteiger partial charge in [-0.25, -0.2) is 0 Å². The van der Waals surface area contributed by atoms with Crippen molar-refractivity contribution in [2.24, 2.45) is 0 Å². The van der Waals surface area contributed by atoms with Crippen molar-refractivity contribution < 1.29 is 0 Å². The molecule has 21 rings (SSSR count). The lowest BCUT2D eigenvalue weighted by Gasteiger charge is -2.48. The van der Waals surface area contributed by atoms with Crippen LogP contribution in [0.5, 0.6) is 0 Å². The third kappa shape index (κ3) is 17.5. The van der Waals surface area contributed by atoms with Crippen molar-refractivity contribution in [3.05, 3.63) is 358 Å². The predicted molar refractivity (Wildman–Crippen MR) is 656 cm³/mol. The highest BCUT2D eigenvalue weighted by Crippen LogP contribution is 2.54. The van der Waals surface area contributed by atoms with Crippen LogP contribution in [0.4, 0.5) is 102 Å². The average molecular weight is 1970 g/mol. The lowest BCUT2D eigenvalue weighted by Crippen LogP contribution is -2.69. The van der Waals surface area contributed by atoms with E-state index in [2.05, 4.69) is 576 Å². The fourth-order valence-electron chi connectivity index (χ4n) is 24.5. The van der Waals surface area contributed by atoms with E-state index in [1.54, 1.807) is 0 Å². The van der Waals surface area contributed by atoms with Crippen LogP contribution in [-0.4, -0.2) is 28.2 Å². The number of anilines is 18. The standard InChI is InChI=1S/C139H159B3N6Si/c1-128(2,3)86-38-56-98(57-39-86)143-113-68-50-92(134(19,20)21)74-107(113)140-108-75-93(135(22,23)24)51-69-114(108)144(99-58-40-87(41-59-99)129(4,5)6)120-81-104(80-119(143)125(120)140)149(37,105-82-121-126-122(83-105)146(101-62-44-89(45-63-101)131(10,11)12)116-71-53-95(137(28,29)30)77-110(116)141(126)109-76-94(136(25,26)27)52-70-115(109)145(121)100-60-42-88(43-61-100)130(7,8)9)106-84-123-127-124(85-106)148(103-66-48-91(49-67-103)133(16,17)18)118-73-55-97(139(34,35)36)79-112(118)142(127)111-78-96(138(31,32)33)54-72-117(111)147(123)102-64-46-90(47-65-102)132(13,14)15/h38-85H,1-37H3. The first-order valence-corrected chi connectivity index (χ1v) is 57.7. The van der Waals surface area contributed by atoms with Gasteiger partial charge in [0.1, 0.15) is 8.07 Å². The molecule has 0 aliphatic carbocycles. The molecule has 0 atom stereocenters. The third-order valence-electron chi connectivity index (χ3n) is 34.1. The molecule has 149 heavy (non-hydrogen) atoms. The maximum atomic E-state index is 2.81. The molecule has 6 aliphatic heterocycles. The van der Waals surface area contributed by atoms with Crippen LogP contribution in [0.1, 0.15) is 316 Å². The Balaban J connectivity index is 1.00. The van der Waals surface area contributed by atoms with Crippen LogP contribution in [0.2, 0.25) is 6.55 Å². The first-order valence-electron chi connectivity index (χ1n) is 55.2. The summed E-state index contributed by atoms with van der Waals surface area (Å²) >= 11 is 0. The Morgan fingerprint density at radius 2 is 0.255 bits per heavy atom. The number of hydrogen-bond acceptors (Lipinski definition) is 6. The van der Waals surface area contributed by atoms with Gasteiger partial charge in [-0.2, -0.15) is 0 Å². The number of benzene rings is 15. The van der Waals surface area contributed by atoms with Crippen LogP contribution < -0.4 is 94.1 Å². The topological polar surface area (TPSA) is 19.4 Å². The molecule has 6 nitrogen and oxygen atoms in total. The van der Waals surface area contributed by atoms with Gasteiger partial charge in [-0.05, 0) is 342 Å². The number of fused-ring (bicyclic) bond motifs is 12. The first kappa shape index (κ1) is 102. The van der Waals surface area contributed by atoms with Crippen molar-refractivity contribution >= 4 is 195 Å². The van der Waals surface area contributed by atoms with E-state index in [9.17, 15) is 0 Å². The summed E-state index contributed by atoms with van der Waals surface area (Å²) in [5.41, 5.74) is 46.6. The van der Waals surface area contributed by atoms with E-state index in [0.29, 0.717) is 0 Å². The van der Waals surface area contributed by atoms with E-state index < -0.39 is 8.07 Å². The van der Waals surface area contributed by atoms with Gasteiger partial charge in [0, 0.05) is 102 Å². The molecule has 15 aromatic rings. The van der Waals surface area contributed by atoms with Gasteiger partial charge in [-0.1, -0.05) is 401 Å². The molecule has 6 aliphatic rings. The molecule has 15 aromatic carbocycles. The second-order valence-electron chi connectivity index (χ2n) is 57.1. The fraction of sp³-hybridized carbons (Fsp3) is 0.353.